The summed E-state index contributed by atoms with van der Waals surface area (Å²) in [5.74, 6) is 0.290. The van der Waals surface area contributed by atoms with Gasteiger partial charge in [-0.2, -0.15) is 0 Å². The van der Waals surface area contributed by atoms with Gasteiger partial charge in [-0.1, -0.05) is 29.8 Å². The van der Waals surface area contributed by atoms with E-state index in [1.54, 1.807) is 12.1 Å². The average Bonchev–Trinajstić information content (AvgIpc) is 3.16. The standard InChI is InChI=1S/C19H16ClN3O5/c1-28-16-8-7-14(22(24)25)17-11-3-2-4-12(11)18(21-19(16)17)10-5-6-13(20)15(9-10)23(26)27/h2-3,5-9,11-12,18,21H,4H2,1H3. The molecule has 8 nitrogen and oxygen atoms in total. The number of nitro groups is 2. The Kier molecular flexibility index (Phi) is 4.43. The highest BCUT2D eigenvalue weighted by Crippen LogP contribution is 2.55. The molecule has 0 bridgehead atoms. The van der Waals surface area contributed by atoms with Gasteiger partial charge in [-0.15, -0.1) is 0 Å². The van der Waals surface area contributed by atoms with Crippen LogP contribution in [0, 0.1) is 26.1 Å². The Bertz CT molecular complexity index is 1020. The molecule has 9 heteroatoms. The number of anilines is 1. The fraction of sp³-hybridized carbons (Fsp3) is 0.263. The first-order chi connectivity index (χ1) is 13.4. The van der Waals surface area contributed by atoms with Gasteiger partial charge in [0, 0.05) is 18.1 Å². The maximum atomic E-state index is 11.6. The quantitative estimate of drug-likeness (QED) is 0.439. The van der Waals surface area contributed by atoms with Gasteiger partial charge >= 0.3 is 0 Å². The molecule has 2 aromatic rings. The lowest BCUT2D eigenvalue weighted by Crippen LogP contribution is -2.30. The average molecular weight is 402 g/mol. The zero-order chi connectivity index (χ0) is 20.0. The van der Waals surface area contributed by atoms with Crippen molar-refractivity contribution < 1.29 is 14.6 Å². The monoisotopic (exact) mass is 401 g/mol. The lowest BCUT2D eigenvalue weighted by atomic mass is 9.76. The van der Waals surface area contributed by atoms with Crippen molar-refractivity contribution in [3.05, 3.63) is 78.9 Å². The lowest BCUT2D eigenvalue weighted by molar-refractivity contribution is -0.385. The first kappa shape index (κ1) is 18.2. The largest absolute Gasteiger partial charge is 0.495 e. The van der Waals surface area contributed by atoms with Crippen LogP contribution in [-0.2, 0) is 0 Å². The zero-order valence-corrected chi connectivity index (χ0v) is 15.6. The summed E-state index contributed by atoms with van der Waals surface area (Å²) >= 11 is 5.96. The number of nitro benzene ring substituents is 2. The minimum absolute atomic E-state index is 0.0147. The predicted molar refractivity (Wildman–Crippen MR) is 104 cm³/mol. The van der Waals surface area contributed by atoms with Crippen molar-refractivity contribution >= 4 is 28.7 Å². The molecule has 0 radical (unpaired) electrons. The van der Waals surface area contributed by atoms with Crippen molar-refractivity contribution in [2.75, 3.05) is 12.4 Å². The van der Waals surface area contributed by atoms with Gasteiger partial charge in [0.15, 0.2) is 0 Å². The Hall–Kier alpha value is -3.13. The van der Waals surface area contributed by atoms with Crippen LogP contribution in [0.3, 0.4) is 0 Å². The molecule has 28 heavy (non-hydrogen) atoms. The fourth-order valence-electron chi connectivity index (χ4n) is 4.19. The number of rotatable bonds is 4. The van der Waals surface area contributed by atoms with Crippen LogP contribution in [-0.4, -0.2) is 17.0 Å². The summed E-state index contributed by atoms with van der Waals surface area (Å²) in [5.41, 5.74) is 1.70. The number of benzene rings is 2. The number of ether oxygens (including phenoxy) is 1. The highest BCUT2D eigenvalue weighted by Gasteiger charge is 2.43. The van der Waals surface area contributed by atoms with Crippen LogP contribution in [0.1, 0.15) is 29.5 Å². The van der Waals surface area contributed by atoms with E-state index in [1.165, 1.54) is 25.3 Å². The third-order valence-electron chi connectivity index (χ3n) is 5.40. The molecule has 0 fully saturated rings. The first-order valence-electron chi connectivity index (χ1n) is 8.64. The molecule has 1 aliphatic heterocycles. The van der Waals surface area contributed by atoms with Crippen molar-refractivity contribution in [1.29, 1.82) is 0 Å². The van der Waals surface area contributed by atoms with Gasteiger partial charge in [-0.05, 0) is 30.0 Å². The molecule has 0 amide bonds. The van der Waals surface area contributed by atoms with Crippen molar-refractivity contribution in [3.63, 3.8) is 0 Å². The second-order valence-corrected chi connectivity index (χ2v) is 7.18. The molecule has 1 heterocycles. The van der Waals surface area contributed by atoms with Gasteiger partial charge in [0.2, 0.25) is 0 Å². The topological polar surface area (TPSA) is 108 Å². The highest BCUT2D eigenvalue weighted by atomic mass is 35.5. The molecule has 144 valence electrons. The molecule has 3 unspecified atom stereocenters. The number of nitrogens with one attached hydrogen (secondary N) is 1. The zero-order valence-electron chi connectivity index (χ0n) is 14.8. The number of hydrogen-bond donors (Lipinski definition) is 1. The van der Waals surface area contributed by atoms with E-state index in [1.807, 2.05) is 12.2 Å². The van der Waals surface area contributed by atoms with E-state index in [4.69, 9.17) is 16.3 Å². The van der Waals surface area contributed by atoms with E-state index >= 15 is 0 Å². The van der Waals surface area contributed by atoms with Gasteiger partial charge in [0.05, 0.1) is 34.2 Å². The summed E-state index contributed by atoms with van der Waals surface area (Å²) in [6.45, 7) is 0. The molecule has 1 N–H and O–H groups in total. The van der Waals surface area contributed by atoms with Crippen LogP contribution >= 0.6 is 11.6 Å². The molecule has 4 rings (SSSR count). The van der Waals surface area contributed by atoms with E-state index < -0.39 is 9.85 Å². The Morgan fingerprint density at radius 3 is 2.57 bits per heavy atom. The minimum Gasteiger partial charge on any atom is -0.495 e. The number of halogens is 1. The summed E-state index contributed by atoms with van der Waals surface area (Å²) in [6, 6.07) is 7.45. The van der Waals surface area contributed by atoms with Crippen molar-refractivity contribution in [2.45, 2.75) is 18.4 Å². The van der Waals surface area contributed by atoms with Gasteiger partial charge in [-0.3, -0.25) is 20.2 Å². The summed E-state index contributed by atoms with van der Waals surface area (Å²) in [5, 5.41) is 26.3. The second kappa shape index (κ2) is 6.79. The number of nitrogens with zero attached hydrogens (tertiary/aromatic N) is 2. The van der Waals surface area contributed by atoms with Crippen LogP contribution in [0.5, 0.6) is 5.75 Å². The van der Waals surface area contributed by atoms with Crippen LogP contribution in [0.25, 0.3) is 0 Å². The Morgan fingerprint density at radius 1 is 1.14 bits per heavy atom. The van der Waals surface area contributed by atoms with Crippen molar-refractivity contribution in [1.82, 2.24) is 0 Å². The Balaban J connectivity index is 1.87. The van der Waals surface area contributed by atoms with Gasteiger partial charge < -0.3 is 10.1 Å². The molecular formula is C19H16ClN3O5. The van der Waals surface area contributed by atoms with E-state index in [-0.39, 0.29) is 34.3 Å². The third kappa shape index (κ3) is 2.77. The van der Waals surface area contributed by atoms with Gasteiger partial charge in [0.1, 0.15) is 10.8 Å². The van der Waals surface area contributed by atoms with Gasteiger partial charge in [0.25, 0.3) is 11.4 Å². The number of methoxy groups -OCH3 is 1. The highest BCUT2D eigenvalue weighted by molar-refractivity contribution is 6.32. The molecule has 0 spiro atoms. The molecule has 0 saturated heterocycles. The second-order valence-electron chi connectivity index (χ2n) is 6.78. The van der Waals surface area contributed by atoms with Gasteiger partial charge in [-0.25, -0.2) is 0 Å². The van der Waals surface area contributed by atoms with E-state index in [2.05, 4.69) is 5.32 Å². The SMILES string of the molecule is COc1ccc([N+](=O)[O-])c2c1NC(c1ccc(Cl)c([N+](=O)[O-])c1)C1CC=CC21. The Labute approximate surface area is 165 Å². The number of allylic oxidation sites excluding steroid dienone is 2. The number of fused-ring (bicyclic) bond motifs is 3. The van der Waals surface area contributed by atoms with Crippen molar-refractivity contribution in [2.24, 2.45) is 5.92 Å². The molecule has 2 aromatic carbocycles. The third-order valence-corrected chi connectivity index (χ3v) is 5.72. The summed E-state index contributed by atoms with van der Waals surface area (Å²) in [6.07, 6.45) is 4.66. The van der Waals surface area contributed by atoms with E-state index in [0.29, 0.717) is 29.0 Å². The lowest BCUT2D eigenvalue weighted by Gasteiger charge is -2.37. The van der Waals surface area contributed by atoms with Crippen LogP contribution in [0.2, 0.25) is 5.02 Å². The number of hydrogen-bond acceptors (Lipinski definition) is 6. The summed E-state index contributed by atoms with van der Waals surface area (Å²) in [7, 11) is 1.50. The fourth-order valence-corrected chi connectivity index (χ4v) is 4.37. The first-order valence-corrected chi connectivity index (χ1v) is 9.02. The maximum absolute atomic E-state index is 11.6. The van der Waals surface area contributed by atoms with Crippen molar-refractivity contribution in [3.8, 4) is 5.75 Å². The predicted octanol–water partition coefficient (Wildman–Crippen LogP) is 4.99. The summed E-state index contributed by atoms with van der Waals surface area (Å²) in [4.78, 5) is 22.0. The Morgan fingerprint density at radius 2 is 1.89 bits per heavy atom. The van der Waals surface area contributed by atoms with Crippen LogP contribution < -0.4 is 10.1 Å². The molecule has 2 aliphatic rings. The molecule has 1 aliphatic carbocycles. The minimum atomic E-state index is -0.515. The maximum Gasteiger partial charge on any atom is 0.288 e. The molecular weight excluding hydrogens is 386 g/mol. The molecule has 3 atom stereocenters. The molecule has 0 saturated carbocycles. The van der Waals surface area contributed by atoms with E-state index in [0.717, 1.165) is 0 Å². The molecule has 0 aromatic heterocycles. The normalized spacial score (nSPS) is 22.1. The van der Waals surface area contributed by atoms with Crippen LogP contribution in [0.4, 0.5) is 17.1 Å². The van der Waals surface area contributed by atoms with Crippen LogP contribution in [0.15, 0.2) is 42.5 Å². The summed E-state index contributed by atoms with van der Waals surface area (Å²) < 4.78 is 5.42. The van der Waals surface area contributed by atoms with E-state index in [9.17, 15) is 20.2 Å². The smallest absolute Gasteiger partial charge is 0.288 e.